The van der Waals surface area contributed by atoms with Crippen molar-refractivity contribution in [2.75, 3.05) is 6.54 Å². The van der Waals surface area contributed by atoms with Gasteiger partial charge >= 0.3 is 0 Å². The normalized spacial score (nSPS) is 10.6. The quantitative estimate of drug-likeness (QED) is 0.728. The van der Waals surface area contributed by atoms with Crippen LogP contribution in [0.5, 0.6) is 0 Å². The third-order valence-electron chi connectivity index (χ3n) is 3.17. The van der Waals surface area contributed by atoms with Gasteiger partial charge in [-0.3, -0.25) is 4.79 Å². The minimum Gasteiger partial charge on any atom is -0.370 e. The summed E-state index contributed by atoms with van der Waals surface area (Å²) in [5.74, 6) is -0.208. The second kappa shape index (κ2) is 7.17. The molecule has 18 heavy (non-hydrogen) atoms. The molecule has 0 bridgehead atoms. The fraction of sp³-hybridized carbons (Fsp3) is 0.533. The van der Waals surface area contributed by atoms with Crippen LogP contribution in [0.1, 0.15) is 41.5 Å². The first-order chi connectivity index (χ1) is 8.50. The molecule has 0 aliphatic carbocycles. The Labute approximate surface area is 110 Å². The lowest BCUT2D eigenvalue weighted by Gasteiger charge is -2.12. The molecule has 3 N–H and O–H groups in total. The van der Waals surface area contributed by atoms with Gasteiger partial charge in [0.2, 0.25) is 5.91 Å². The van der Waals surface area contributed by atoms with Crippen molar-refractivity contribution in [1.29, 1.82) is 0 Å². The summed E-state index contributed by atoms with van der Waals surface area (Å²) in [6.07, 6.45) is 2.35. The van der Waals surface area contributed by atoms with E-state index in [4.69, 9.17) is 5.73 Å². The highest BCUT2D eigenvalue weighted by Gasteiger charge is 2.03. The maximum Gasteiger partial charge on any atom is 0.217 e. The molecule has 0 heterocycles. The Bertz CT molecular complexity index is 390. The van der Waals surface area contributed by atoms with Gasteiger partial charge in [-0.05, 0) is 56.8 Å². The molecule has 0 aliphatic rings. The number of hydrogen-bond acceptors (Lipinski definition) is 2. The summed E-state index contributed by atoms with van der Waals surface area (Å²) in [5.41, 5.74) is 10.5. The van der Waals surface area contributed by atoms with Crippen molar-refractivity contribution in [3.63, 3.8) is 0 Å². The molecule has 0 radical (unpaired) electrons. The number of amides is 1. The zero-order chi connectivity index (χ0) is 13.5. The Balaban J connectivity index is 2.33. The van der Waals surface area contributed by atoms with Crippen molar-refractivity contribution in [2.45, 2.75) is 46.6 Å². The van der Waals surface area contributed by atoms with Crippen molar-refractivity contribution in [3.8, 4) is 0 Å². The maximum atomic E-state index is 10.6. The molecule has 0 atom stereocenters. The van der Waals surface area contributed by atoms with Crippen LogP contribution in [0.4, 0.5) is 0 Å². The van der Waals surface area contributed by atoms with Crippen molar-refractivity contribution >= 4 is 5.91 Å². The van der Waals surface area contributed by atoms with E-state index in [9.17, 15) is 4.79 Å². The Kier molecular flexibility index (Phi) is 5.86. The number of unbranched alkanes of at least 4 members (excludes halogenated alkanes) is 1. The minimum atomic E-state index is -0.208. The smallest absolute Gasteiger partial charge is 0.217 e. The lowest BCUT2D eigenvalue weighted by molar-refractivity contribution is -0.118. The highest BCUT2D eigenvalue weighted by atomic mass is 16.1. The summed E-state index contributed by atoms with van der Waals surface area (Å²) in [6.45, 7) is 8.27. The summed E-state index contributed by atoms with van der Waals surface area (Å²) in [7, 11) is 0. The van der Waals surface area contributed by atoms with Crippen LogP contribution in [0.2, 0.25) is 0 Å². The summed E-state index contributed by atoms with van der Waals surface area (Å²) >= 11 is 0. The van der Waals surface area contributed by atoms with Crippen molar-refractivity contribution in [1.82, 2.24) is 5.32 Å². The lowest BCUT2D eigenvalue weighted by Crippen LogP contribution is -2.17. The van der Waals surface area contributed by atoms with Gasteiger partial charge in [-0.2, -0.15) is 0 Å². The summed E-state index contributed by atoms with van der Waals surface area (Å²) in [4.78, 5) is 10.6. The molecule has 0 saturated heterocycles. The van der Waals surface area contributed by atoms with Gasteiger partial charge < -0.3 is 11.1 Å². The molecule has 0 aromatic heterocycles. The topological polar surface area (TPSA) is 55.1 Å². The first kappa shape index (κ1) is 14.7. The van der Waals surface area contributed by atoms with E-state index in [1.165, 1.54) is 22.3 Å². The summed E-state index contributed by atoms with van der Waals surface area (Å²) < 4.78 is 0. The van der Waals surface area contributed by atoms with Crippen LogP contribution in [0.3, 0.4) is 0 Å². The van der Waals surface area contributed by atoms with Gasteiger partial charge in [0, 0.05) is 13.0 Å². The first-order valence-corrected chi connectivity index (χ1v) is 6.56. The number of benzene rings is 1. The van der Waals surface area contributed by atoms with Gasteiger partial charge in [-0.25, -0.2) is 0 Å². The van der Waals surface area contributed by atoms with E-state index in [2.05, 4.69) is 38.2 Å². The van der Waals surface area contributed by atoms with Gasteiger partial charge in [0.1, 0.15) is 0 Å². The predicted molar refractivity (Wildman–Crippen MR) is 75.4 cm³/mol. The second-order valence-electron chi connectivity index (χ2n) is 4.98. The molecule has 100 valence electrons. The Hall–Kier alpha value is -1.35. The molecule has 1 aromatic rings. The third kappa shape index (κ3) is 4.88. The molecule has 3 nitrogen and oxygen atoms in total. The molecular formula is C15H24N2O. The number of carbonyl (C=O) groups excluding carboxylic acids is 1. The van der Waals surface area contributed by atoms with Crippen molar-refractivity contribution in [2.24, 2.45) is 5.73 Å². The van der Waals surface area contributed by atoms with E-state index in [0.717, 1.165) is 25.9 Å². The van der Waals surface area contributed by atoms with Gasteiger partial charge in [-0.1, -0.05) is 17.7 Å². The Morgan fingerprint density at radius 3 is 2.33 bits per heavy atom. The Morgan fingerprint density at radius 2 is 1.78 bits per heavy atom. The van der Waals surface area contributed by atoms with Gasteiger partial charge in [0.05, 0.1) is 0 Å². The van der Waals surface area contributed by atoms with Crippen LogP contribution in [-0.2, 0) is 11.3 Å². The van der Waals surface area contributed by atoms with Crippen LogP contribution in [0.25, 0.3) is 0 Å². The van der Waals surface area contributed by atoms with Gasteiger partial charge in [-0.15, -0.1) is 0 Å². The average molecular weight is 248 g/mol. The van der Waals surface area contributed by atoms with Crippen molar-refractivity contribution < 1.29 is 4.79 Å². The number of hydrogen-bond donors (Lipinski definition) is 2. The minimum absolute atomic E-state index is 0.208. The van der Waals surface area contributed by atoms with Crippen LogP contribution < -0.4 is 11.1 Å². The molecule has 0 saturated carbocycles. The number of carbonyl (C=O) groups is 1. The van der Waals surface area contributed by atoms with E-state index in [1.54, 1.807) is 0 Å². The zero-order valence-electron chi connectivity index (χ0n) is 11.7. The molecular weight excluding hydrogens is 224 g/mol. The van der Waals surface area contributed by atoms with Crippen LogP contribution >= 0.6 is 0 Å². The molecule has 1 aromatic carbocycles. The number of primary amides is 1. The highest BCUT2D eigenvalue weighted by Crippen LogP contribution is 2.15. The van der Waals surface area contributed by atoms with Crippen LogP contribution in [0.15, 0.2) is 12.1 Å². The summed E-state index contributed by atoms with van der Waals surface area (Å²) in [6, 6.07) is 4.44. The molecule has 1 rings (SSSR count). The molecule has 0 unspecified atom stereocenters. The van der Waals surface area contributed by atoms with Crippen molar-refractivity contribution in [3.05, 3.63) is 34.4 Å². The maximum absolute atomic E-state index is 10.6. The molecule has 3 heteroatoms. The lowest BCUT2D eigenvalue weighted by atomic mass is 10.00. The second-order valence-corrected chi connectivity index (χ2v) is 4.98. The van der Waals surface area contributed by atoms with Crippen LogP contribution in [0, 0.1) is 20.8 Å². The van der Waals surface area contributed by atoms with E-state index in [1.807, 2.05) is 0 Å². The average Bonchev–Trinajstić information content (AvgIpc) is 2.25. The fourth-order valence-electron chi connectivity index (χ4n) is 2.25. The first-order valence-electron chi connectivity index (χ1n) is 6.56. The third-order valence-corrected chi connectivity index (χ3v) is 3.17. The SMILES string of the molecule is Cc1cc(C)c(CNCCCCC(N)=O)c(C)c1. The molecule has 0 fully saturated rings. The van der Waals surface area contributed by atoms with E-state index >= 15 is 0 Å². The zero-order valence-corrected chi connectivity index (χ0v) is 11.7. The highest BCUT2D eigenvalue weighted by molar-refractivity contribution is 5.73. The van der Waals surface area contributed by atoms with E-state index in [-0.39, 0.29) is 5.91 Å². The molecule has 1 amide bonds. The number of rotatable bonds is 7. The fourth-order valence-corrected chi connectivity index (χ4v) is 2.25. The standard InChI is InChI=1S/C15H24N2O/c1-11-8-12(2)14(13(3)9-11)10-17-7-5-4-6-15(16)18/h8-9,17H,4-7,10H2,1-3H3,(H2,16,18). The molecule has 0 spiro atoms. The van der Waals surface area contributed by atoms with Gasteiger partial charge in [0.15, 0.2) is 0 Å². The molecule has 0 aliphatic heterocycles. The van der Waals surface area contributed by atoms with E-state index in [0.29, 0.717) is 6.42 Å². The number of nitrogens with two attached hydrogens (primary N) is 1. The van der Waals surface area contributed by atoms with Crippen LogP contribution in [-0.4, -0.2) is 12.5 Å². The number of aryl methyl sites for hydroxylation is 3. The van der Waals surface area contributed by atoms with E-state index < -0.39 is 0 Å². The predicted octanol–water partition coefficient (Wildman–Crippen LogP) is 2.36. The van der Waals surface area contributed by atoms with Gasteiger partial charge in [0.25, 0.3) is 0 Å². The Morgan fingerprint density at radius 1 is 1.17 bits per heavy atom. The summed E-state index contributed by atoms with van der Waals surface area (Å²) in [5, 5.41) is 3.42. The monoisotopic (exact) mass is 248 g/mol. The largest absolute Gasteiger partial charge is 0.370 e. The number of nitrogens with one attached hydrogen (secondary N) is 1.